The van der Waals surface area contributed by atoms with Crippen LogP contribution in [0.3, 0.4) is 0 Å². The zero-order chi connectivity index (χ0) is 10.7. The molecule has 0 unspecified atom stereocenters. The van der Waals surface area contributed by atoms with Crippen molar-refractivity contribution in [3.8, 4) is 18.4 Å². The predicted octanol–water partition coefficient (Wildman–Crippen LogP) is 2.54. The van der Waals surface area contributed by atoms with Gasteiger partial charge in [-0.1, -0.05) is 6.07 Å². The Morgan fingerprint density at radius 2 is 2.20 bits per heavy atom. The maximum atomic E-state index is 8.81. The molecule has 1 aromatic heterocycles. The molecule has 1 heterocycles. The first kappa shape index (κ1) is 9.37. The standard InChI is InChI=1S/C13H10N2/c1-2-3-7-15-8-6-12-5-4-11(10-14)9-13(12)15/h1,4-6,8-9H,3,7H2. The Morgan fingerprint density at radius 3 is 2.93 bits per heavy atom. The summed E-state index contributed by atoms with van der Waals surface area (Å²) in [5.41, 5.74) is 1.76. The van der Waals surface area contributed by atoms with Gasteiger partial charge in [-0.15, -0.1) is 12.3 Å². The SMILES string of the molecule is C#CCCn1ccc2ccc(C#N)cc21. The van der Waals surface area contributed by atoms with Gasteiger partial charge in [0.05, 0.1) is 11.6 Å². The van der Waals surface area contributed by atoms with Gasteiger partial charge in [0.2, 0.25) is 0 Å². The maximum absolute atomic E-state index is 8.81. The Morgan fingerprint density at radius 1 is 1.33 bits per heavy atom. The number of rotatable bonds is 2. The van der Waals surface area contributed by atoms with Crippen LogP contribution in [0.2, 0.25) is 0 Å². The van der Waals surface area contributed by atoms with Gasteiger partial charge in [0, 0.05) is 24.7 Å². The predicted molar refractivity (Wildman–Crippen MR) is 60.1 cm³/mol. The Labute approximate surface area is 88.7 Å². The molecule has 0 amide bonds. The van der Waals surface area contributed by atoms with Crippen LogP contribution in [0.5, 0.6) is 0 Å². The number of terminal acetylenes is 1. The van der Waals surface area contributed by atoms with Crippen LogP contribution in [-0.2, 0) is 6.54 Å². The van der Waals surface area contributed by atoms with Crippen LogP contribution in [0.1, 0.15) is 12.0 Å². The molecule has 0 aliphatic carbocycles. The van der Waals surface area contributed by atoms with Gasteiger partial charge in [0.15, 0.2) is 0 Å². The molecule has 0 spiro atoms. The molecule has 72 valence electrons. The van der Waals surface area contributed by atoms with Crippen LogP contribution in [-0.4, -0.2) is 4.57 Å². The van der Waals surface area contributed by atoms with E-state index in [4.69, 9.17) is 11.7 Å². The van der Waals surface area contributed by atoms with Crippen LogP contribution >= 0.6 is 0 Å². The number of benzene rings is 1. The summed E-state index contributed by atoms with van der Waals surface area (Å²) in [6.07, 6.45) is 7.94. The second-order valence-electron chi connectivity index (χ2n) is 3.35. The van der Waals surface area contributed by atoms with Gasteiger partial charge in [-0.2, -0.15) is 5.26 Å². The summed E-state index contributed by atoms with van der Waals surface area (Å²) in [5, 5.41) is 9.95. The van der Waals surface area contributed by atoms with E-state index in [1.807, 2.05) is 30.5 Å². The van der Waals surface area contributed by atoms with Gasteiger partial charge in [-0.05, 0) is 23.6 Å². The van der Waals surface area contributed by atoms with E-state index in [1.54, 1.807) is 0 Å². The number of aromatic nitrogens is 1. The largest absolute Gasteiger partial charge is 0.346 e. The number of hydrogen-bond acceptors (Lipinski definition) is 1. The number of aryl methyl sites for hydroxylation is 1. The van der Waals surface area contributed by atoms with Gasteiger partial charge >= 0.3 is 0 Å². The minimum absolute atomic E-state index is 0.683. The molecule has 0 aliphatic rings. The van der Waals surface area contributed by atoms with E-state index in [2.05, 4.69) is 16.6 Å². The van der Waals surface area contributed by atoms with Crippen molar-refractivity contribution < 1.29 is 0 Å². The molecule has 2 rings (SSSR count). The van der Waals surface area contributed by atoms with Crippen LogP contribution < -0.4 is 0 Å². The summed E-state index contributed by atoms with van der Waals surface area (Å²) >= 11 is 0. The molecule has 0 fully saturated rings. The van der Waals surface area contributed by atoms with Crippen molar-refractivity contribution in [3.63, 3.8) is 0 Å². The number of nitriles is 1. The highest BCUT2D eigenvalue weighted by Crippen LogP contribution is 2.17. The monoisotopic (exact) mass is 194 g/mol. The van der Waals surface area contributed by atoms with Crippen LogP contribution in [0.25, 0.3) is 10.9 Å². The van der Waals surface area contributed by atoms with E-state index < -0.39 is 0 Å². The highest BCUT2D eigenvalue weighted by molar-refractivity contribution is 5.81. The molecule has 0 atom stereocenters. The van der Waals surface area contributed by atoms with E-state index >= 15 is 0 Å². The minimum atomic E-state index is 0.683. The Balaban J connectivity index is 2.49. The molecule has 2 nitrogen and oxygen atoms in total. The van der Waals surface area contributed by atoms with Gasteiger partial charge in [0.1, 0.15) is 0 Å². The van der Waals surface area contributed by atoms with Crippen LogP contribution in [0.15, 0.2) is 30.5 Å². The average Bonchev–Trinajstić information content (AvgIpc) is 2.68. The van der Waals surface area contributed by atoms with Crippen LogP contribution in [0, 0.1) is 23.7 Å². The molecule has 0 saturated heterocycles. The Hall–Kier alpha value is -2.19. The first-order chi connectivity index (χ1) is 7.35. The first-order valence-corrected chi connectivity index (χ1v) is 4.77. The minimum Gasteiger partial charge on any atom is -0.346 e. The highest BCUT2D eigenvalue weighted by Gasteiger charge is 2.01. The van der Waals surface area contributed by atoms with Crippen molar-refractivity contribution >= 4 is 10.9 Å². The second kappa shape index (κ2) is 3.90. The van der Waals surface area contributed by atoms with Gasteiger partial charge in [-0.3, -0.25) is 0 Å². The maximum Gasteiger partial charge on any atom is 0.0992 e. The zero-order valence-corrected chi connectivity index (χ0v) is 8.27. The third-order valence-electron chi connectivity index (χ3n) is 2.40. The van der Waals surface area contributed by atoms with Crippen molar-refractivity contribution in [2.24, 2.45) is 0 Å². The van der Waals surface area contributed by atoms with E-state index in [9.17, 15) is 0 Å². The molecule has 0 N–H and O–H groups in total. The number of fused-ring (bicyclic) bond motifs is 1. The summed E-state index contributed by atoms with van der Waals surface area (Å²) in [6, 6.07) is 9.85. The fraction of sp³-hybridized carbons (Fsp3) is 0.154. The molecular formula is C13H10N2. The summed E-state index contributed by atoms with van der Waals surface area (Å²) in [4.78, 5) is 0. The fourth-order valence-electron chi connectivity index (χ4n) is 1.63. The molecule has 0 aliphatic heterocycles. The lowest BCUT2D eigenvalue weighted by atomic mass is 10.2. The van der Waals surface area contributed by atoms with E-state index in [-0.39, 0.29) is 0 Å². The third-order valence-corrected chi connectivity index (χ3v) is 2.40. The Kier molecular flexibility index (Phi) is 2.44. The lowest BCUT2D eigenvalue weighted by molar-refractivity contribution is 0.749. The summed E-state index contributed by atoms with van der Waals surface area (Å²) in [5.74, 6) is 2.61. The van der Waals surface area contributed by atoms with Crippen molar-refractivity contribution in [2.75, 3.05) is 0 Å². The molecule has 0 radical (unpaired) electrons. The average molecular weight is 194 g/mol. The van der Waals surface area contributed by atoms with E-state index in [0.717, 1.165) is 17.4 Å². The molecular weight excluding hydrogens is 184 g/mol. The summed E-state index contributed by atoms with van der Waals surface area (Å²) in [6.45, 7) is 0.800. The topological polar surface area (TPSA) is 28.7 Å². The lowest BCUT2D eigenvalue weighted by Gasteiger charge is -2.02. The molecule has 2 heteroatoms. The van der Waals surface area contributed by atoms with Gasteiger partial charge in [-0.25, -0.2) is 0 Å². The lowest BCUT2D eigenvalue weighted by Crippen LogP contribution is -1.94. The smallest absolute Gasteiger partial charge is 0.0992 e. The van der Waals surface area contributed by atoms with Crippen molar-refractivity contribution in [2.45, 2.75) is 13.0 Å². The van der Waals surface area contributed by atoms with Gasteiger partial charge in [0.25, 0.3) is 0 Å². The van der Waals surface area contributed by atoms with E-state index in [0.29, 0.717) is 12.0 Å². The number of hydrogen-bond donors (Lipinski definition) is 0. The summed E-state index contributed by atoms with van der Waals surface area (Å²) < 4.78 is 2.08. The number of nitrogens with zero attached hydrogens (tertiary/aromatic N) is 2. The highest BCUT2D eigenvalue weighted by atomic mass is 14.9. The second-order valence-corrected chi connectivity index (χ2v) is 3.35. The zero-order valence-electron chi connectivity index (χ0n) is 8.27. The quantitative estimate of drug-likeness (QED) is 0.675. The normalized spacial score (nSPS) is 9.73. The molecule has 0 saturated carbocycles. The Bertz CT molecular complexity index is 564. The van der Waals surface area contributed by atoms with Crippen molar-refractivity contribution in [3.05, 3.63) is 36.0 Å². The third kappa shape index (κ3) is 1.71. The van der Waals surface area contributed by atoms with Crippen LogP contribution in [0.4, 0.5) is 0 Å². The van der Waals surface area contributed by atoms with E-state index in [1.165, 1.54) is 0 Å². The van der Waals surface area contributed by atoms with Crippen molar-refractivity contribution in [1.82, 2.24) is 4.57 Å². The summed E-state index contributed by atoms with van der Waals surface area (Å²) in [7, 11) is 0. The first-order valence-electron chi connectivity index (χ1n) is 4.77. The molecule has 0 bridgehead atoms. The van der Waals surface area contributed by atoms with Gasteiger partial charge < -0.3 is 4.57 Å². The fourth-order valence-corrected chi connectivity index (χ4v) is 1.63. The molecule has 15 heavy (non-hydrogen) atoms. The van der Waals surface area contributed by atoms with Crippen molar-refractivity contribution in [1.29, 1.82) is 5.26 Å². The molecule has 2 aromatic rings. The molecule has 1 aromatic carbocycles.